The molecule has 0 spiro atoms. The summed E-state index contributed by atoms with van der Waals surface area (Å²) in [5.74, 6) is 0.0166. The third kappa shape index (κ3) is 2.72. The van der Waals surface area contributed by atoms with Crippen LogP contribution in [-0.4, -0.2) is 60.9 Å². The number of carbonyl (C=O) groups excluding carboxylic acids is 1. The Morgan fingerprint density at radius 3 is 2.44 bits per heavy atom. The van der Waals surface area contributed by atoms with Gasteiger partial charge in [0.05, 0.1) is 19.8 Å². The largest absolute Gasteiger partial charge is 0.448 e. The summed E-state index contributed by atoms with van der Waals surface area (Å²) in [6, 6.07) is 15.9. The fourth-order valence-electron chi connectivity index (χ4n) is 4.34. The predicted octanol–water partition coefficient (Wildman–Crippen LogP) is 2.35. The number of benzene rings is 2. The zero-order chi connectivity index (χ0) is 18.4. The van der Waals surface area contributed by atoms with E-state index in [1.165, 1.54) is 22.3 Å². The maximum Gasteiger partial charge on any atom is 0.410 e. The number of ether oxygens (including phenoxy) is 3. The van der Waals surface area contributed by atoms with Crippen LogP contribution in [0.15, 0.2) is 48.5 Å². The van der Waals surface area contributed by atoms with E-state index in [9.17, 15) is 9.90 Å². The number of amides is 1. The zero-order valence-corrected chi connectivity index (χ0v) is 14.8. The van der Waals surface area contributed by atoms with Crippen molar-refractivity contribution in [1.82, 2.24) is 4.90 Å². The van der Waals surface area contributed by atoms with Gasteiger partial charge in [-0.1, -0.05) is 48.5 Å². The molecular weight excluding hydrogens is 346 g/mol. The number of hydrogen-bond acceptors (Lipinski definition) is 5. The molecule has 2 aliphatic heterocycles. The Bertz CT molecular complexity index is 824. The standard InChI is InChI=1S/C21H21NO5/c23-10-19-20-25-11-13(27-20)9-22(19)21(24)26-12-18-16-7-3-1-5-14(16)15-6-2-4-8-17(15)18/h1-8,13,18-20,23H,9-12H2/t13-,19-,20+/m0/s1. The summed E-state index contributed by atoms with van der Waals surface area (Å²) in [6.45, 7) is 0.854. The summed E-state index contributed by atoms with van der Waals surface area (Å²) >= 11 is 0. The van der Waals surface area contributed by atoms with Gasteiger partial charge < -0.3 is 19.3 Å². The second-order valence-electron chi connectivity index (χ2n) is 7.17. The lowest BCUT2D eigenvalue weighted by atomic mass is 9.98. The van der Waals surface area contributed by atoms with Gasteiger partial charge in [0.25, 0.3) is 0 Å². The number of morpholine rings is 1. The Kier molecular flexibility index (Phi) is 4.11. The molecule has 2 aromatic carbocycles. The highest BCUT2D eigenvalue weighted by Gasteiger charge is 2.45. The molecule has 5 rings (SSSR count). The van der Waals surface area contributed by atoms with E-state index in [0.717, 1.165) is 0 Å². The van der Waals surface area contributed by atoms with Gasteiger partial charge in [-0.3, -0.25) is 4.90 Å². The van der Waals surface area contributed by atoms with Gasteiger partial charge in [-0.25, -0.2) is 4.79 Å². The van der Waals surface area contributed by atoms with Gasteiger partial charge in [0.15, 0.2) is 6.29 Å². The van der Waals surface area contributed by atoms with Crippen molar-refractivity contribution in [2.24, 2.45) is 0 Å². The quantitative estimate of drug-likeness (QED) is 0.902. The lowest BCUT2D eigenvalue weighted by molar-refractivity contribution is -0.148. The number of carbonyl (C=O) groups is 1. The van der Waals surface area contributed by atoms with Gasteiger partial charge in [-0.05, 0) is 22.3 Å². The molecule has 2 aromatic rings. The van der Waals surface area contributed by atoms with Crippen molar-refractivity contribution < 1.29 is 24.1 Å². The summed E-state index contributed by atoms with van der Waals surface area (Å²) in [5, 5.41) is 9.66. The number of rotatable bonds is 3. The Morgan fingerprint density at radius 2 is 1.78 bits per heavy atom. The maximum absolute atomic E-state index is 12.7. The van der Waals surface area contributed by atoms with Gasteiger partial charge in [-0.15, -0.1) is 0 Å². The van der Waals surface area contributed by atoms with Crippen LogP contribution >= 0.6 is 0 Å². The normalized spacial score (nSPS) is 26.0. The van der Waals surface area contributed by atoms with Crippen LogP contribution in [-0.2, 0) is 14.2 Å². The molecule has 0 radical (unpaired) electrons. The minimum Gasteiger partial charge on any atom is -0.448 e. The molecular formula is C21H21NO5. The molecule has 140 valence electrons. The van der Waals surface area contributed by atoms with Crippen LogP contribution in [0.3, 0.4) is 0 Å². The Morgan fingerprint density at radius 1 is 1.11 bits per heavy atom. The molecule has 6 nitrogen and oxygen atoms in total. The second-order valence-corrected chi connectivity index (χ2v) is 7.17. The van der Waals surface area contributed by atoms with Crippen LogP contribution < -0.4 is 0 Å². The molecule has 2 bridgehead atoms. The Hall–Kier alpha value is -2.41. The molecule has 2 fully saturated rings. The van der Waals surface area contributed by atoms with Crippen LogP contribution in [0.1, 0.15) is 17.0 Å². The third-order valence-electron chi connectivity index (χ3n) is 5.65. The van der Waals surface area contributed by atoms with Crippen LogP contribution in [0.2, 0.25) is 0 Å². The lowest BCUT2D eigenvalue weighted by Crippen LogP contribution is -2.55. The molecule has 0 saturated carbocycles. The van der Waals surface area contributed by atoms with Gasteiger partial charge in [0.2, 0.25) is 0 Å². The number of aliphatic hydroxyl groups excluding tert-OH is 1. The van der Waals surface area contributed by atoms with Crippen molar-refractivity contribution >= 4 is 6.09 Å². The van der Waals surface area contributed by atoms with Crippen LogP contribution in [0.5, 0.6) is 0 Å². The third-order valence-corrected chi connectivity index (χ3v) is 5.65. The molecule has 1 aliphatic carbocycles. The van der Waals surface area contributed by atoms with Crippen molar-refractivity contribution in [2.75, 3.05) is 26.4 Å². The lowest BCUT2D eigenvalue weighted by Gasteiger charge is -2.36. The highest BCUT2D eigenvalue weighted by atomic mass is 16.7. The number of fused-ring (bicyclic) bond motifs is 5. The highest BCUT2D eigenvalue weighted by molar-refractivity contribution is 5.79. The fourth-order valence-corrected chi connectivity index (χ4v) is 4.34. The van der Waals surface area contributed by atoms with E-state index in [2.05, 4.69) is 24.3 Å². The first-order chi connectivity index (χ1) is 13.3. The summed E-state index contributed by atoms with van der Waals surface area (Å²) in [5.41, 5.74) is 4.74. The van der Waals surface area contributed by atoms with E-state index in [0.29, 0.717) is 13.2 Å². The van der Waals surface area contributed by atoms with Crippen molar-refractivity contribution in [3.8, 4) is 11.1 Å². The second kappa shape index (κ2) is 6.64. The monoisotopic (exact) mass is 367 g/mol. The van der Waals surface area contributed by atoms with Gasteiger partial charge >= 0.3 is 6.09 Å². The summed E-state index contributed by atoms with van der Waals surface area (Å²) < 4.78 is 16.8. The molecule has 3 aliphatic rings. The van der Waals surface area contributed by atoms with Crippen LogP contribution in [0.25, 0.3) is 11.1 Å². The maximum atomic E-state index is 12.7. The van der Waals surface area contributed by atoms with Gasteiger partial charge in [-0.2, -0.15) is 0 Å². The first-order valence-corrected chi connectivity index (χ1v) is 9.26. The van der Waals surface area contributed by atoms with Crippen molar-refractivity contribution in [2.45, 2.75) is 24.4 Å². The number of hydrogen-bond donors (Lipinski definition) is 1. The van der Waals surface area contributed by atoms with E-state index >= 15 is 0 Å². The Labute approximate surface area is 157 Å². The Balaban J connectivity index is 1.35. The summed E-state index contributed by atoms with van der Waals surface area (Å²) in [4.78, 5) is 14.3. The fraction of sp³-hybridized carbons (Fsp3) is 0.381. The van der Waals surface area contributed by atoms with E-state index in [-0.39, 0.29) is 25.2 Å². The van der Waals surface area contributed by atoms with Crippen molar-refractivity contribution in [1.29, 1.82) is 0 Å². The molecule has 0 aromatic heterocycles. The van der Waals surface area contributed by atoms with Gasteiger partial charge in [0.1, 0.15) is 18.8 Å². The molecule has 2 heterocycles. The van der Waals surface area contributed by atoms with E-state index in [4.69, 9.17) is 14.2 Å². The van der Waals surface area contributed by atoms with Crippen LogP contribution in [0.4, 0.5) is 4.79 Å². The first kappa shape index (κ1) is 16.7. The topological polar surface area (TPSA) is 68.2 Å². The first-order valence-electron chi connectivity index (χ1n) is 9.26. The van der Waals surface area contributed by atoms with E-state index in [1.54, 1.807) is 4.90 Å². The molecule has 0 unspecified atom stereocenters. The predicted molar refractivity (Wildman–Crippen MR) is 97.3 cm³/mol. The SMILES string of the molecule is O=C(OCC1c2ccccc2-c2ccccc21)N1C[C@H]2CO[C@H](O2)[C@@H]1CO. The molecule has 1 amide bonds. The molecule has 2 saturated heterocycles. The average Bonchev–Trinajstić information content (AvgIpc) is 3.25. The molecule has 3 atom stereocenters. The molecule has 1 N–H and O–H groups in total. The minimum absolute atomic E-state index is 0.0166. The number of aliphatic hydroxyl groups is 1. The number of nitrogens with zero attached hydrogens (tertiary/aromatic N) is 1. The molecule has 6 heteroatoms. The van der Waals surface area contributed by atoms with E-state index < -0.39 is 18.4 Å². The smallest absolute Gasteiger partial charge is 0.410 e. The van der Waals surface area contributed by atoms with E-state index in [1.807, 2.05) is 24.3 Å². The van der Waals surface area contributed by atoms with Crippen molar-refractivity contribution in [3.05, 3.63) is 59.7 Å². The molecule has 27 heavy (non-hydrogen) atoms. The van der Waals surface area contributed by atoms with Crippen LogP contribution in [0, 0.1) is 0 Å². The highest BCUT2D eigenvalue weighted by Crippen LogP contribution is 2.44. The summed E-state index contributed by atoms with van der Waals surface area (Å²) in [7, 11) is 0. The minimum atomic E-state index is -0.575. The average molecular weight is 367 g/mol. The summed E-state index contributed by atoms with van der Waals surface area (Å²) in [6.07, 6.45) is -1.16. The van der Waals surface area contributed by atoms with Gasteiger partial charge in [0, 0.05) is 5.92 Å². The van der Waals surface area contributed by atoms with Crippen molar-refractivity contribution in [3.63, 3.8) is 0 Å². The zero-order valence-electron chi connectivity index (χ0n) is 14.8.